The van der Waals surface area contributed by atoms with E-state index in [2.05, 4.69) is 5.16 Å². The molecule has 0 aliphatic carbocycles. The Labute approximate surface area is 96.8 Å². The molecule has 0 aromatic carbocycles. The lowest BCUT2D eigenvalue weighted by molar-refractivity contribution is 0.0689. The quantitative estimate of drug-likeness (QED) is 0.876. The molecule has 1 N–H and O–H groups in total. The highest BCUT2D eigenvalue weighted by molar-refractivity contribution is 5.97. The third kappa shape index (κ3) is 1.94. The number of hydrogen-bond donors (Lipinski definition) is 1. The molecule has 0 radical (unpaired) electrons. The first-order chi connectivity index (χ1) is 8.15. The zero-order chi connectivity index (χ0) is 12.4. The molecular formula is C11H11NO5. The van der Waals surface area contributed by atoms with Crippen LogP contribution in [0.2, 0.25) is 0 Å². The molecule has 0 atom stereocenters. The molecule has 2 aromatic rings. The first-order valence-electron chi connectivity index (χ1n) is 4.89. The minimum atomic E-state index is -1.07. The fourth-order valence-corrected chi connectivity index (χ4v) is 1.63. The highest BCUT2D eigenvalue weighted by Crippen LogP contribution is 2.30. The average Bonchev–Trinajstić information content (AvgIpc) is 2.84. The van der Waals surface area contributed by atoms with E-state index in [1.807, 2.05) is 0 Å². The summed E-state index contributed by atoms with van der Waals surface area (Å²) in [6.07, 6.45) is 2.83. The molecule has 0 aliphatic rings. The fraction of sp³-hybridized carbons (Fsp3) is 0.273. The smallest absolute Gasteiger partial charge is 0.340 e. The summed E-state index contributed by atoms with van der Waals surface area (Å²) < 4.78 is 15.0. The second-order valence-electron chi connectivity index (χ2n) is 3.48. The maximum atomic E-state index is 11.2. The van der Waals surface area contributed by atoms with Crippen molar-refractivity contribution in [1.82, 2.24) is 5.16 Å². The Bertz CT molecular complexity index is 540. The van der Waals surface area contributed by atoms with Crippen LogP contribution in [0, 0.1) is 6.92 Å². The van der Waals surface area contributed by atoms with Crippen molar-refractivity contribution in [2.75, 3.05) is 7.11 Å². The molecule has 2 aromatic heterocycles. The van der Waals surface area contributed by atoms with Crippen molar-refractivity contribution in [2.45, 2.75) is 13.5 Å². The van der Waals surface area contributed by atoms with E-state index >= 15 is 0 Å². The van der Waals surface area contributed by atoms with Gasteiger partial charge in [-0.15, -0.1) is 0 Å². The first kappa shape index (κ1) is 11.4. The van der Waals surface area contributed by atoms with Crippen LogP contribution in [-0.2, 0) is 11.3 Å². The number of carboxylic acid groups (broad SMARTS) is 1. The van der Waals surface area contributed by atoms with Gasteiger partial charge in [-0.1, -0.05) is 5.16 Å². The van der Waals surface area contributed by atoms with Crippen LogP contribution in [0.5, 0.6) is 0 Å². The van der Waals surface area contributed by atoms with Crippen molar-refractivity contribution in [2.24, 2.45) is 0 Å². The molecule has 0 saturated carbocycles. The van der Waals surface area contributed by atoms with Gasteiger partial charge in [-0.05, 0) is 6.92 Å². The van der Waals surface area contributed by atoms with Crippen molar-refractivity contribution < 1.29 is 23.6 Å². The second kappa shape index (κ2) is 4.42. The SMILES string of the molecule is COCc1occ(-c2cnoc2C)c1C(=O)O. The van der Waals surface area contributed by atoms with Gasteiger partial charge >= 0.3 is 5.97 Å². The molecule has 6 nitrogen and oxygen atoms in total. The van der Waals surface area contributed by atoms with E-state index in [1.165, 1.54) is 19.6 Å². The van der Waals surface area contributed by atoms with E-state index in [4.69, 9.17) is 13.7 Å². The molecule has 0 unspecified atom stereocenters. The van der Waals surface area contributed by atoms with Crippen molar-refractivity contribution in [1.29, 1.82) is 0 Å². The minimum Gasteiger partial charge on any atom is -0.478 e. The number of aryl methyl sites for hydroxylation is 1. The van der Waals surface area contributed by atoms with Gasteiger partial charge in [-0.25, -0.2) is 4.79 Å². The van der Waals surface area contributed by atoms with Crippen molar-refractivity contribution >= 4 is 5.97 Å². The Balaban J connectivity index is 2.55. The van der Waals surface area contributed by atoms with Gasteiger partial charge in [0.15, 0.2) is 0 Å². The fourth-order valence-electron chi connectivity index (χ4n) is 1.63. The lowest BCUT2D eigenvalue weighted by atomic mass is 10.0. The Hall–Kier alpha value is -2.08. The minimum absolute atomic E-state index is 0.0816. The lowest BCUT2D eigenvalue weighted by Gasteiger charge is -1.99. The van der Waals surface area contributed by atoms with Crippen LogP contribution in [0.15, 0.2) is 21.4 Å². The van der Waals surface area contributed by atoms with E-state index in [-0.39, 0.29) is 17.9 Å². The molecular weight excluding hydrogens is 226 g/mol. The predicted octanol–water partition coefficient (Wildman–Crippen LogP) is 2.09. The summed E-state index contributed by atoms with van der Waals surface area (Å²) in [7, 11) is 1.47. The van der Waals surface area contributed by atoms with E-state index in [0.717, 1.165) is 0 Å². The van der Waals surface area contributed by atoms with Gasteiger partial charge in [0, 0.05) is 18.2 Å². The van der Waals surface area contributed by atoms with Crippen LogP contribution < -0.4 is 0 Å². The largest absolute Gasteiger partial charge is 0.478 e. The normalized spacial score (nSPS) is 10.7. The summed E-state index contributed by atoms with van der Waals surface area (Å²) >= 11 is 0. The van der Waals surface area contributed by atoms with Crippen molar-refractivity contribution in [3.63, 3.8) is 0 Å². The summed E-state index contributed by atoms with van der Waals surface area (Å²) in [6, 6.07) is 0. The third-order valence-electron chi connectivity index (χ3n) is 2.40. The first-order valence-corrected chi connectivity index (χ1v) is 4.89. The molecule has 17 heavy (non-hydrogen) atoms. The second-order valence-corrected chi connectivity index (χ2v) is 3.48. The Morgan fingerprint density at radius 3 is 2.82 bits per heavy atom. The van der Waals surface area contributed by atoms with E-state index in [1.54, 1.807) is 6.92 Å². The molecule has 0 spiro atoms. The van der Waals surface area contributed by atoms with Gasteiger partial charge in [0.25, 0.3) is 0 Å². The lowest BCUT2D eigenvalue weighted by Crippen LogP contribution is -2.02. The molecule has 0 aliphatic heterocycles. The molecule has 90 valence electrons. The number of rotatable bonds is 4. The number of methoxy groups -OCH3 is 1. The summed E-state index contributed by atoms with van der Waals surface area (Å²) in [6.45, 7) is 1.81. The summed E-state index contributed by atoms with van der Waals surface area (Å²) in [4.78, 5) is 11.2. The van der Waals surface area contributed by atoms with Gasteiger partial charge in [-0.2, -0.15) is 0 Å². The number of aromatic carboxylic acids is 1. The van der Waals surface area contributed by atoms with Crippen molar-refractivity contribution in [3.8, 4) is 11.1 Å². The van der Waals surface area contributed by atoms with Crippen LogP contribution in [-0.4, -0.2) is 23.3 Å². The average molecular weight is 237 g/mol. The number of carboxylic acids is 1. The van der Waals surface area contributed by atoms with E-state index in [0.29, 0.717) is 16.9 Å². The molecule has 0 amide bonds. The Morgan fingerprint density at radius 2 is 2.29 bits per heavy atom. The monoisotopic (exact) mass is 237 g/mol. The Morgan fingerprint density at radius 1 is 1.53 bits per heavy atom. The van der Waals surface area contributed by atoms with Gasteiger partial charge in [0.2, 0.25) is 0 Å². The number of hydrogen-bond acceptors (Lipinski definition) is 5. The molecule has 0 saturated heterocycles. The zero-order valence-electron chi connectivity index (χ0n) is 9.39. The number of nitrogens with zero attached hydrogens (tertiary/aromatic N) is 1. The number of ether oxygens (including phenoxy) is 1. The molecule has 0 bridgehead atoms. The van der Waals surface area contributed by atoms with Crippen LogP contribution in [0.3, 0.4) is 0 Å². The standard InChI is InChI=1S/C11H11NO5/c1-6-7(3-12-17-6)8-4-16-9(5-15-2)10(8)11(13)14/h3-4H,5H2,1-2H3,(H,13,14). The van der Waals surface area contributed by atoms with E-state index < -0.39 is 5.97 Å². The van der Waals surface area contributed by atoms with Crippen molar-refractivity contribution in [3.05, 3.63) is 29.5 Å². The maximum Gasteiger partial charge on any atom is 0.340 e. The molecule has 6 heteroatoms. The van der Waals surface area contributed by atoms with E-state index in [9.17, 15) is 9.90 Å². The number of aromatic nitrogens is 1. The summed E-state index contributed by atoms with van der Waals surface area (Å²) in [5, 5.41) is 12.8. The third-order valence-corrected chi connectivity index (χ3v) is 2.40. The van der Waals surface area contributed by atoms with Crippen LogP contribution in [0.25, 0.3) is 11.1 Å². The number of carbonyl (C=O) groups is 1. The van der Waals surface area contributed by atoms with Crippen LogP contribution in [0.4, 0.5) is 0 Å². The topological polar surface area (TPSA) is 85.7 Å². The Kier molecular flexibility index (Phi) is 2.97. The molecule has 2 heterocycles. The predicted molar refractivity (Wildman–Crippen MR) is 56.6 cm³/mol. The zero-order valence-corrected chi connectivity index (χ0v) is 9.39. The summed E-state index contributed by atoms with van der Waals surface area (Å²) in [5.41, 5.74) is 1.13. The van der Waals surface area contributed by atoms with Gasteiger partial charge < -0.3 is 18.8 Å². The van der Waals surface area contributed by atoms with Crippen LogP contribution >= 0.6 is 0 Å². The van der Waals surface area contributed by atoms with Crippen LogP contribution in [0.1, 0.15) is 21.9 Å². The van der Waals surface area contributed by atoms with Gasteiger partial charge in [-0.3, -0.25) is 0 Å². The summed E-state index contributed by atoms with van der Waals surface area (Å²) in [5.74, 6) is -0.255. The number of furan rings is 1. The highest BCUT2D eigenvalue weighted by atomic mass is 16.5. The molecule has 0 fully saturated rings. The molecule has 2 rings (SSSR count). The maximum absolute atomic E-state index is 11.2. The highest BCUT2D eigenvalue weighted by Gasteiger charge is 2.23. The van der Waals surface area contributed by atoms with Gasteiger partial charge in [0.1, 0.15) is 23.7 Å². The van der Waals surface area contributed by atoms with Gasteiger partial charge in [0.05, 0.1) is 12.5 Å².